The first-order chi connectivity index (χ1) is 6.13. The van der Waals surface area contributed by atoms with Crippen LogP contribution in [0.3, 0.4) is 0 Å². The molecule has 1 aromatic rings. The van der Waals surface area contributed by atoms with Crippen molar-refractivity contribution in [1.29, 1.82) is 0 Å². The molecule has 0 fully saturated rings. The molecule has 3 heteroatoms. The van der Waals surface area contributed by atoms with Crippen LogP contribution >= 0.6 is 38.9 Å². The molecule has 0 amide bonds. The van der Waals surface area contributed by atoms with Crippen LogP contribution in [0.4, 0.5) is 0 Å². The summed E-state index contributed by atoms with van der Waals surface area (Å²) in [6.07, 6.45) is 2.15. The van der Waals surface area contributed by atoms with Gasteiger partial charge in [0.05, 0.1) is 0 Å². The van der Waals surface area contributed by atoms with Gasteiger partial charge in [-0.3, -0.25) is 0 Å². The Kier molecular flexibility index (Phi) is 4.77. The monoisotopic (exact) mass is 280 g/mol. The summed E-state index contributed by atoms with van der Waals surface area (Å²) in [4.78, 5) is 1.42. The van der Waals surface area contributed by atoms with E-state index in [4.69, 9.17) is 11.6 Å². The Morgan fingerprint density at radius 1 is 1.62 bits per heavy atom. The minimum atomic E-state index is 0.306. The topological polar surface area (TPSA) is 0 Å². The average molecular weight is 282 g/mol. The molecule has 0 radical (unpaired) electrons. The van der Waals surface area contributed by atoms with Gasteiger partial charge in [0.2, 0.25) is 0 Å². The molecule has 0 aliphatic rings. The van der Waals surface area contributed by atoms with Gasteiger partial charge in [0.1, 0.15) is 0 Å². The van der Waals surface area contributed by atoms with E-state index < -0.39 is 0 Å². The van der Waals surface area contributed by atoms with Gasteiger partial charge < -0.3 is 0 Å². The molecular weight excluding hydrogens is 268 g/mol. The summed E-state index contributed by atoms with van der Waals surface area (Å²) >= 11 is 11.4. The van der Waals surface area contributed by atoms with Crippen molar-refractivity contribution in [1.82, 2.24) is 0 Å². The minimum absolute atomic E-state index is 0.306. The van der Waals surface area contributed by atoms with Crippen molar-refractivity contribution in [2.75, 3.05) is 0 Å². The van der Waals surface area contributed by atoms with Crippen LogP contribution in [0.5, 0.6) is 0 Å². The second kappa shape index (κ2) is 5.38. The summed E-state index contributed by atoms with van der Waals surface area (Å²) in [6, 6.07) is 2.18. The Labute approximate surface area is 97.4 Å². The number of thiophene rings is 1. The lowest BCUT2D eigenvalue weighted by Crippen LogP contribution is -2.12. The highest BCUT2D eigenvalue weighted by atomic mass is 79.9. The molecule has 13 heavy (non-hydrogen) atoms. The average Bonchev–Trinajstić information content (AvgIpc) is 2.49. The summed E-state index contributed by atoms with van der Waals surface area (Å²) in [7, 11) is 0. The summed E-state index contributed by atoms with van der Waals surface area (Å²) in [5.41, 5.74) is 0. The lowest BCUT2D eigenvalue weighted by Gasteiger charge is -2.14. The quantitative estimate of drug-likeness (QED) is 0.701. The van der Waals surface area contributed by atoms with Gasteiger partial charge in [-0.05, 0) is 40.8 Å². The number of hydrogen-bond donors (Lipinski definition) is 0. The standard InChI is InChI=1S/C10H14BrClS/c1-3-10(12)7(2)4-9-5-8(11)6-13-9/h5-7,10H,3-4H2,1-2H3. The zero-order valence-corrected chi connectivity index (χ0v) is 11.0. The van der Waals surface area contributed by atoms with E-state index in [0.717, 1.165) is 12.8 Å². The molecule has 2 atom stereocenters. The fraction of sp³-hybridized carbons (Fsp3) is 0.600. The highest BCUT2D eigenvalue weighted by molar-refractivity contribution is 9.10. The van der Waals surface area contributed by atoms with Crippen LogP contribution in [0.15, 0.2) is 15.9 Å². The largest absolute Gasteiger partial charge is 0.148 e. The molecule has 0 N–H and O–H groups in total. The molecule has 0 spiro atoms. The zero-order chi connectivity index (χ0) is 9.84. The van der Waals surface area contributed by atoms with Gasteiger partial charge in [0.25, 0.3) is 0 Å². The molecule has 2 unspecified atom stereocenters. The first-order valence-corrected chi connectivity index (χ1v) is 6.61. The molecule has 74 valence electrons. The van der Waals surface area contributed by atoms with Gasteiger partial charge in [0.15, 0.2) is 0 Å². The minimum Gasteiger partial charge on any atom is -0.148 e. The fourth-order valence-electron chi connectivity index (χ4n) is 1.31. The molecule has 0 aliphatic heterocycles. The predicted molar refractivity (Wildman–Crippen MR) is 64.8 cm³/mol. The van der Waals surface area contributed by atoms with Gasteiger partial charge in [-0.15, -0.1) is 22.9 Å². The van der Waals surface area contributed by atoms with Gasteiger partial charge in [-0.25, -0.2) is 0 Å². The van der Waals surface area contributed by atoms with Crippen LogP contribution in [0, 0.1) is 5.92 Å². The van der Waals surface area contributed by atoms with Crippen molar-refractivity contribution < 1.29 is 0 Å². The molecule has 1 aromatic heterocycles. The van der Waals surface area contributed by atoms with E-state index in [0.29, 0.717) is 11.3 Å². The first kappa shape index (κ1) is 11.5. The third-order valence-corrected chi connectivity index (χ3v) is 4.61. The van der Waals surface area contributed by atoms with Crippen molar-refractivity contribution in [2.45, 2.75) is 32.1 Å². The lowest BCUT2D eigenvalue weighted by atomic mass is 10.0. The summed E-state index contributed by atoms with van der Waals surface area (Å²) < 4.78 is 1.18. The van der Waals surface area contributed by atoms with Crippen LogP contribution in [0.25, 0.3) is 0 Å². The van der Waals surface area contributed by atoms with Crippen molar-refractivity contribution in [3.63, 3.8) is 0 Å². The second-order valence-electron chi connectivity index (χ2n) is 3.34. The first-order valence-electron chi connectivity index (χ1n) is 4.50. The summed E-state index contributed by atoms with van der Waals surface area (Å²) in [5.74, 6) is 0.567. The van der Waals surface area contributed by atoms with E-state index in [1.807, 2.05) is 0 Å². The van der Waals surface area contributed by atoms with Crippen molar-refractivity contribution in [3.8, 4) is 0 Å². The number of hydrogen-bond acceptors (Lipinski definition) is 1. The summed E-state index contributed by atoms with van der Waals surface area (Å²) in [6.45, 7) is 4.35. The van der Waals surface area contributed by atoms with E-state index in [-0.39, 0.29) is 0 Å². The van der Waals surface area contributed by atoms with Crippen LogP contribution in [-0.2, 0) is 6.42 Å². The number of alkyl halides is 1. The highest BCUT2D eigenvalue weighted by Crippen LogP contribution is 2.25. The maximum Gasteiger partial charge on any atom is 0.0362 e. The maximum atomic E-state index is 6.17. The molecule has 0 nitrogen and oxygen atoms in total. The van der Waals surface area contributed by atoms with Gasteiger partial charge in [-0.2, -0.15) is 0 Å². The number of halogens is 2. The molecule has 0 saturated carbocycles. The Bertz CT molecular complexity index is 259. The Hall–Kier alpha value is 0.470. The third-order valence-electron chi connectivity index (χ3n) is 2.15. The normalized spacial score (nSPS) is 15.7. The van der Waals surface area contributed by atoms with Crippen molar-refractivity contribution >= 4 is 38.9 Å². The lowest BCUT2D eigenvalue weighted by molar-refractivity contribution is 0.535. The van der Waals surface area contributed by atoms with Crippen molar-refractivity contribution in [2.24, 2.45) is 5.92 Å². The molecule has 0 bridgehead atoms. The van der Waals surface area contributed by atoms with E-state index in [2.05, 4.69) is 41.2 Å². The molecule has 0 saturated heterocycles. The second-order valence-corrected chi connectivity index (χ2v) is 5.81. The van der Waals surface area contributed by atoms with Gasteiger partial charge >= 0.3 is 0 Å². The molecule has 0 aromatic carbocycles. The van der Waals surface area contributed by atoms with E-state index >= 15 is 0 Å². The van der Waals surface area contributed by atoms with Crippen LogP contribution in [0.1, 0.15) is 25.1 Å². The van der Waals surface area contributed by atoms with Crippen LogP contribution in [0.2, 0.25) is 0 Å². The maximum absolute atomic E-state index is 6.17. The van der Waals surface area contributed by atoms with Gasteiger partial charge in [-0.1, -0.05) is 13.8 Å². The zero-order valence-electron chi connectivity index (χ0n) is 7.89. The highest BCUT2D eigenvalue weighted by Gasteiger charge is 2.13. The Morgan fingerprint density at radius 3 is 2.77 bits per heavy atom. The fourth-order valence-corrected chi connectivity index (χ4v) is 2.99. The molecule has 1 rings (SSSR count). The third kappa shape index (κ3) is 3.61. The van der Waals surface area contributed by atoms with Crippen LogP contribution < -0.4 is 0 Å². The van der Waals surface area contributed by atoms with E-state index in [9.17, 15) is 0 Å². The van der Waals surface area contributed by atoms with Gasteiger partial charge in [0, 0.05) is 20.1 Å². The summed E-state index contributed by atoms with van der Waals surface area (Å²) in [5, 5.41) is 2.43. The number of rotatable bonds is 4. The Morgan fingerprint density at radius 2 is 2.31 bits per heavy atom. The van der Waals surface area contributed by atoms with Crippen molar-refractivity contribution in [3.05, 3.63) is 20.8 Å². The molecular formula is C10H14BrClS. The molecule has 0 aliphatic carbocycles. The molecule has 1 heterocycles. The SMILES string of the molecule is CCC(Cl)C(C)Cc1cc(Br)cs1. The predicted octanol–water partition coefficient (Wildman–Crippen LogP) is 4.71. The van der Waals surface area contributed by atoms with Crippen LogP contribution in [-0.4, -0.2) is 5.38 Å². The smallest absolute Gasteiger partial charge is 0.0362 e. The van der Waals surface area contributed by atoms with E-state index in [1.54, 1.807) is 11.3 Å². The Balaban J connectivity index is 2.49. The van der Waals surface area contributed by atoms with E-state index in [1.165, 1.54) is 9.35 Å².